The second-order valence-corrected chi connectivity index (χ2v) is 7.03. The second kappa shape index (κ2) is 9.38. The van der Waals surface area contributed by atoms with Gasteiger partial charge in [0, 0.05) is 27.7 Å². The number of nitro benzene ring substituents is 1. The van der Waals surface area contributed by atoms with E-state index in [1.807, 2.05) is 0 Å². The summed E-state index contributed by atoms with van der Waals surface area (Å²) in [6, 6.07) is 10.9. The zero-order valence-electron chi connectivity index (χ0n) is 14.6. The first-order chi connectivity index (χ1) is 12.8. The number of nitrogens with zero attached hydrogens (tertiary/aromatic N) is 1. The van der Waals surface area contributed by atoms with Gasteiger partial charge >= 0.3 is 5.97 Å². The van der Waals surface area contributed by atoms with E-state index in [-0.39, 0.29) is 11.4 Å². The third kappa shape index (κ3) is 5.97. The average molecular weight is 409 g/mol. The van der Waals surface area contributed by atoms with Gasteiger partial charge in [0.05, 0.1) is 10.7 Å². The first kappa shape index (κ1) is 20.7. The van der Waals surface area contributed by atoms with E-state index in [0.29, 0.717) is 15.6 Å². The second-order valence-electron chi connectivity index (χ2n) is 5.57. The molecule has 2 rings (SSSR count). The van der Waals surface area contributed by atoms with Gasteiger partial charge in [-0.3, -0.25) is 19.7 Å². The molecule has 27 heavy (non-hydrogen) atoms. The Balaban J connectivity index is 1.84. The number of nitro groups is 1. The Hall–Kier alpha value is -2.58. The van der Waals surface area contributed by atoms with Crippen LogP contribution in [0.4, 0.5) is 11.4 Å². The van der Waals surface area contributed by atoms with E-state index in [1.165, 1.54) is 19.1 Å². The average Bonchev–Trinajstić information content (AvgIpc) is 2.64. The Morgan fingerprint density at radius 2 is 1.93 bits per heavy atom. The number of rotatable bonds is 7. The van der Waals surface area contributed by atoms with Gasteiger partial charge in [0.1, 0.15) is 0 Å². The zero-order valence-corrected chi connectivity index (χ0v) is 16.2. The first-order valence-corrected chi connectivity index (χ1v) is 9.27. The molecule has 0 aromatic heterocycles. The maximum Gasteiger partial charge on any atom is 0.317 e. The number of hydrogen-bond acceptors (Lipinski definition) is 6. The number of esters is 1. The standard InChI is InChI=1S/C18H17ClN2O5S/c1-11-15(19)4-3-5-16(11)20-18(23)12(2)26-17(22)10-27-14-8-6-13(7-9-14)21(24)25/h3-9,12H,10H2,1-2H3,(H,20,23)/t12-/m1/s1. The van der Waals surface area contributed by atoms with Crippen LogP contribution < -0.4 is 5.32 Å². The molecule has 0 heterocycles. The lowest BCUT2D eigenvalue weighted by Crippen LogP contribution is -2.30. The number of carbonyl (C=O) groups excluding carboxylic acids is 2. The highest BCUT2D eigenvalue weighted by atomic mass is 35.5. The molecule has 2 aromatic rings. The number of ether oxygens (including phenoxy) is 1. The van der Waals surface area contributed by atoms with Crippen LogP contribution in [0.1, 0.15) is 12.5 Å². The molecule has 0 aliphatic rings. The summed E-state index contributed by atoms with van der Waals surface area (Å²) in [7, 11) is 0. The maximum atomic E-state index is 12.2. The molecule has 9 heteroatoms. The number of amides is 1. The minimum absolute atomic E-state index is 0.0222. The molecule has 0 saturated carbocycles. The highest BCUT2D eigenvalue weighted by molar-refractivity contribution is 8.00. The lowest BCUT2D eigenvalue weighted by Gasteiger charge is -2.15. The molecule has 0 unspecified atom stereocenters. The van der Waals surface area contributed by atoms with Crippen molar-refractivity contribution in [2.24, 2.45) is 0 Å². The smallest absolute Gasteiger partial charge is 0.317 e. The van der Waals surface area contributed by atoms with Gasteiger partial charge in [-0.1, -0.05) is 17.7 Å². The molecule has 1 N–H and O–H groups in total. The highest BCUT2D eigenvalue weighted by Crippen LogP contribution is 2.24. The molecule has 0 fully saturated rings. The summed E-state index contributed by atoms with van der Waals surface area (Å²) < 4.78 is 5.13. The number of halogens is 1. The Kier molecular flexibility index (Phi) is 7.20. The fourth-order valence-electron chi connectivity index (χ4n) is 2.07. The van der Waals surface area contributed by atoms with E-state index in [9.17, 15) is 19.7 Å². The summed E-state index contributed by atoms with van der Waals surface area (Å²) in [6.07, 6.45) is -0.978. The van der Waals surface area contributed by atoms with Gasteiger partial charge in [0.15, 0.2) is 6.10 Å². The molecule has 142 valence electrons. The lowest BCUT2D eigenvalue weighted by atomic mass is 10.2. The molecule has 1 amide bonds. The minimum atomic E-state index is -0.978. The van der Waals surface area contributed by atoms with Crippen LogP contribution in [-0.4, -0.2) is 28.7 Å². The van der Waals surface area contributed by atoms with E-state index < -0.39 is 22.9 Å². The molecule has 0 radical (unpaired) electrons. The van der Waals surface area contributed by atoms with Crippen LogP contribution in [0.15, 0.2) is 47.4 Å². The molecule has 0 spiro atoms. The number of hydrogen-bond donors (Lipinski definition) is 1. The summed E-state index contributed by atoms with van der Waals surface area (Å²) in [5.41, 5.74) is 1.25. The summed E-state index contributed by atoms with van der Waals surface area (Å²) >= 11 is 7.18. The van der Waals surface area contributed by atoms with Crippen LogP contribution >= 0.6 is 23.4 Å². The number of carbonyl (C=O) groups is 2. The van der Waals surface area contributed by atoms with E-state index in [0.717, 1.165) is 17.3 Å². The minimum Gasteiger partial charge on any atom is -0.452 e. The highest BCUT2D eigenvalue weighted by Gasteiger charge is 2.19. The Bertz CT molecular complexity index is 857. The van der Waals surface area contributed by atoms with E-state index in [1.54, 1.807) is 37.3 Å². The third-order valence-corrected chi connectivity index (χ3v) is 5.00. The summed E-state index contributed by atoms with van der Waals surface area (Å²) in [5, 5.41) is 13.8. The normalized spacial score (nSPS) is 11.5. The molecule has 0 saturated heterocycles. The molecule has 0 aliphatic carbocycles. The molecular formula is C18H17ClN2O5S. The number of nitrogens with one attached hydrogen (secondary N) is 1. The van der Waals surface area contributed by atoms with E-state index in [4.69, 9.17) is 16.3 Å². The van der Waals surface area contributed by atoms with Crippen LogP contribution in [0.2, 0.25) is 5.02 Å². The molecule has 1 atom stereocenters. The fourth-order valence-corrected chi connectivity index (χ4v) is 2.92. The van der Waals surface area contributed by atoms with Gasteiger partial charge in [-0.25, -0.2) is 0 Å². The van der Waals surface area contributed by atoms with Crippen molar-refractivity contribution >= 4 is 46.6 Å². The first-order valence-electron chi connectivity index (χ1n) is 7.90. The molecule has 7 nitrogen and oxygen atoms in total. The molecule has 0 aliphatic heterocycles. The number of non-ortho nitro benzene ring substituents is 1. The van der Waals surface area contributed by atoms with Crippen molar-refractivity contribution in [1.82, 2.24) is 0 Å². The SMILES string of the molecule is Cc1c(Cl)cccc1NC(=O)[C@@H](C)OC(=O)CSc1ccc([N+](=O)[O-])cc1. The van der Waals surface area contributed by atoms with Crippen LogP contribution in [0.25, 0.3) is 0 Å². The van der Waals surface area contributed by atoms with Gasteiger partial charge < -0.3 is 10.1 Å². The van der Waals surface area contributed by atoms with E-state index in [2.05, 4.69) is 5.32 Å². The molecule has 2 aromatic carbocycles. The van der Waals surface area contributed by atoms with Crippen molar-refractivity contribution < 1.29 is 19.2 Å². The van der Waals surface area contributed by atoms with Crippen molar-refractivity contribution in [3.63, 3.8) is 0 Å². The fraction of sp³-hybridized carbons (Fsp3) is 0.222. The van der Waals surface area contributed by atoms with Crippen LogP contribution in [-0.2, 0) is 14.3 Å². The van der Waals surface area contributed by atoms with Gasteiger partial charge in [-0.05, 0) is 43.7 Å². The Labute approximate surface area is 165 Å². The number of anilines is 1. The van der Waals surface area contributed by atoms with Crippen molar-refractivity contribution in [2.75, 3.05) is 11.1 Å². The van der Waals surface area contributed by atoms with Crippen LogP contribution in [0.5, 0.6) is 0 Å². The number of benzene rings is 2. The van der Waals surface area contributed by atoms with Gasteiger partial charge in [-0.2, -0.15) is 0 Å². The summed E-state index contributed by atoms with van der Waals surface area (Å²) in [5.74, 6) is -1.05. The van der Waals surface area contributed by atoms with Crippen LogP contribution in [0, 0.1) is 17.0 Å². The van der Waals surface area contributed by atoms with Gasteiger partial charge in [-0.15, -0.1) is 11.8 Å². The predicted octanol–water partition coefficient (Wildman–Crippen LogP) is 4.22. The third-order valence-electron chi connectivity index (χ3n) is 3.61. The van der Waals surface area contributed by atoms with Crippen molar-refractivity contribution in [3.8, 4) is 0 Å². The number of thioether (sulfide) groups is 1. The van der Waals surface area contributed by atoms with Gasteiger partial charge in [0.2, 0.25) is 0 Å². The van der Waals surface area contributed by atoms with E-state index >= 15 is 0 Å². The lowest BCUT2D eigenvalue weighted by molar-refractivity contribution is -0.384. The van der Waals surface area contributed by atoms with Crippen LogP contribution in [0.3, 0.4) is 0 Å². The quantitative estimate of drug-likeness (QED) is 0.319. The Morgan fingerprint density at radius 1 is 1.26 bits per heavy atom. The summed E-state index contributed by atoms with van der Waals surface area (Å²) in [4.78, 5) is 34.9. The topological polar surface area (TPSA) is 98.5 Å². The van der Waals surface area contributed by atoms with Gasteiger partial charge in [0.25, 0.3) is 11.6 Å². The maximum absolute atomic E-state index is 12.2. The monoisotopic (exact) mass is 408 g/mol. The Morgan fingerprint density at radius 3 is 2.56 bits per heavy atom. The van der Waals surface area contributed by atoms with Crippen molar-refractivity contribution in [3.05, 3.63) is 63.2 Å². The molecule has 0 bridgehead atoms. The summed E-state index contributed by atoms with van der Waals surface area (Å²) in [6.45, 7) is 3.25. The largest absolute Gasteiger partial charge is 0.452 e. The predicted molar refractivity (Wildman–Crippen MR) is 104 cm³/mol. The van der Waals surface area contributed by atoms with Crippen molar-refractivity contribution in [2.45, 2.75) is 24.8 Å². The zero-order chi connectivity index (χ0) is 20.0. The molecular weight excluding hydrogens is 392 g/mol. The van der Waals surface area contributed by atoms with Crippen molar-refractivity contribution in [1.29, 1.82) is 0 Å².